The molecule has 0 bridgehead atoms. The number of nitrogens with one attached hydrogen (secondary N) is 1. The second kappa shape index (κ2) is 13.0. The Bertz CT molecular complexity index is 1800. The number of benzene rings is 4. The van der Waals surface area contributed by atoms with E-state index in [1.807, 2.05) is 122 Å². The first-order valence-electron chi connectivity index (χ1n) is 14.2. The van der Waals surface area contributed by atoms with E-state index in [9.17, 15) is 4.79 Å². The van der Waals surface area contributed by atoms with Crippen LogP contribution >= 0.6 is 0 Å². The average Bonchev–Trinajstić information content (AvgIpc) is 3.61. The number of oxazole rings is 1. The molecule has 1 N–H and O–H groups in total. The van der Waals surface area contributed by atoms with Gasteiger partial charge < -0.3 is 14.5 Å². The van der Waals surface area contributed by atoms with Crippen molar-refractivity contribution in [2.24, 2.45) is 0 Å². The highest BCUT2D eigenvalue weighted by atomic mass is 16.5. The Morgan fingerprint density at radius 2 is 1.56 bits per heavy atom. The summed E-state index contributed by atoms with van der Waals surface area (Å²) in [5, 5.41) is 11.6. The summed E-state index contributed by atoms with van der Waals surface area (Å²) in [6.45, 7) is 2.87. The van der Waals surface area contributed by atoms with Gasteiger partial charge in [-0.1, -0.05) is 84.1 Å². The number of hydrogen-bond acceptors (Lipinski definition) is 6. The molecule has 43 heavy (non-hydrogen) atoms. The predicted octanol–water partition coefficient (Wildman–Crippen LogP) is 6.75. The van der Waals surface area contributed by atoms with E-state index in [1.165, 1.54) is 0 Å². The van der Waals surface area contributed by atoms with E-state index in [0.717, 1.165) is 39.6 Å². The fourth-order valence-corrected chi connectivity index (χ4v) is 4.85. The van der Waals surface area contributed by atoms with E-state index in [2.05, 4.69) is 20.6 Å². The van der Waals surface area contributed by atoms with E-state index in [4.69, 9.17) is 9.15 Å². The van der Waals surface area contributed by atoms with Crippen LogP contribution in [0.2, 0.25) is 0 Å². The number of ether oxygens (including phenoxy) is 1. The zero-order valence-electron chi connectivity index (χ0n) is 23.8. The number of amides is 1. The second-order valence-electron chi connectivity index (χ2n) is 10.2. The molecular formula is C35H31N5O3. The summed E-state index contributed by atoms with van der Waals surface area (Å²) in [5.41, 5.74) is 5.59. The topological polar surface area (TPSA) is 95.1 Å². The van der Waals surface area contributed by atoms with Crippen molar-refractivity contribution in [3.8, 4) is 17.2 Å². The van der Waals surface area contributed by atoms with Crippen molar-refractivity contribution in [2.45, 2.75) is 26.3 Å². The third kappa shape index (κ3) is 6.87. The monoisotopic (exact) mass is 569 g/mol. The number of hydrogen-bond donors (Lipinski definition) is 1. The SMILES string of the molecule is Cc1oc(-c2ccccc2)nc1CCOc1cccc(Cc2c(C(=O)Nc3ccccc3)nnn2Cc2ccccc2)c1. The average molecular weight is 570 g/mol. The van der Waals surface area contributed by atoms with Crippen molar-refractivity contribution < 1.29 is 13.9 Å². The van der Waals surface area contributed by atoms with Crippen molar-refractivity contribution in [2.75, 3.05) is 11.9 Å². The first-order chi connectivity index (χ1) is 21.1. The number of anilines is 1. The maximum Gasteiger partial charge on any atom is 0.278 e. The molecule has 0 aliphatic carbocycles. The Hall–Kier alpha value is -5.50. The highest BCUT2D eigenvalue weighted by Gasteiger charge is 2.21. The Morgan fingerprint density at radius 1 is 0.860 bits per heavy atom. The van der Waals surface area contributed by atoms with Gasteiger partial charge in [-0.3, -0.25) is 4.79 Å². The number of carbonyl (C=O) groups excluding carboxylic acids is 1. The molecule has 0 unspecified atom stereocenters. The molecule has 0 atom stereocenters. The zero-order chi connectivity index (χ0) is 29.4. The molecule has 8 nitrogen and oxygen atoms in total. The fraction of sp³-hybridized carbons (Fsp3) is 0.143. The van der Waals surface area contributed by atoms with Gasteiger partial charge in [-0.05, 0) is 54.4 Å². The molecule has 2 heterocycles. The van der Waals surface area contributed by atoms with Gasteiger partial charge in [-0.25, -0.2) is 9.67 Å². The van der Waals surface area contributed by atoms with Crippen LogP contribution in [0.5, 0.6) is 5.75 Å². The van der Waals surface area contributed by atoms with Crippen molar-refractivity contribution in [1.82, 2.24) is 20.0 Å². The van der Waals surface area contributed by atoms with Crippen LogP contribution in [-0.4, -0.2) is 32.5 Å². The van der Waals surface area contributed by atoms with Gasteiger partial charge >= 0.3 is 0 Å². The maximum absolute atomic E-state index is 13.3. The Labute approximate surface area is 250 Å². The molecule has 0 saturated carbocycles. The predicted molar refractivity (Wildman–Crippen MR) is 165 cm³/mol. The lowest BCUT2D eigenvalue weighted by molar-refractivity contribution is 0.102. The molecule has 0 aliphatic heterocycles. The first kappa shape index (κ1) is 27.7. The van der Waals surface area contributed by atoms with Gasteiger partial charge in [0.2, 0.25) is 5.89 Å². The molecule has 0 aliphatic rings. The van der Waals surface area contributed by atoms with Crippen LogP contribution in [0.1, 0.15) is 38.8 Å². The van der Waals surface area contributed by atoms with Crippen LogP contribution in [0.15, 0.2) is 120 Å². The van der Waals surface area contributed by atoms with Crippen LogP contribution in [0.25, 0.3) is 11.5 Å². The minimum Gasteiger partial charge on any atom is -0.493 e. The summed E-state index contributed by atoms with van der Waals surface area (Å²) in [4.78, 5) is 18.0. The Balaban J connectivity index is 1.17. The van der Waals surface area contributed by atoms with Gasteiger partial charge in [0.25, 0.3) is 5.91 Å². The number of rotatable bonds is 11. The Morgan fingerprint density at radius 3 is 2.33 bits per heavy atom. The molecule has 6 rings (SSSR count). The minimum absolute atomic E-state index is 0.293. The van der Waals surface area contributed by atoms with Crippen LogP contribution in [0.3, 0.4) is 0 Å². The van der Waals surface area contributed by atoms with E-state index in [1.54, 1.807) is 4.68 Å². The van der Waals surface area contributed by atoms with E-state index < -0.39 is 0 Å². The molecule has 6 aromatic rings. The normalized spacial score (nSPS) is 10.9. The van der Waals surface area contributed by atoms with Crippen molar-refractivity contribution in [1.29, 1.82) is 0 Å². The molecule has 0 spiro atoms. The lowest BCUT2D eigenvalue weighted by Crippen LogP contribution is -2.16. The Kier molecular flexibility index (Phi) is 8.36. The zero-order valence-corrected chi connectivity index (χ0v) is 23.8. The number of aromatic nitrogens is 4. The number of nitrogens with zero attached hydrogens (tertiary/aromatic N) is 4. The summed E-state index contributed by atoms with van der Waals surface area (Å²) in [5.74, 6) is 1.84. The summed E-state index contributed by atoms with van der Waals surface area (Å²) in [6.07, 6.45) is 1.07. The molecule has 0 radical (unpaired) electrons. The van der Waals surface area contributed by atoms with Crippen LogP contribution in [-0.2, 0) is 19.4 Å². The van der Waals surface area contributed by atoms with Gasteiger partial charge in [0.05, 0.1) is 24.5 Å². The van der Waals surface area contributed by atoms with Gasteiger partial charge in [0.15, 0.2) is 5.69 Å². The first-order valence-corrected chi connectivity index (χ1v) is 14.2. The largest absolute Gasteiger partial charge is 0.493 e. The minimum atomic E-state index is -0.300. The van der Waals surface area contributed by atoms with Crippen molar-refractivity contribution in [3.63, 3.8) is 0 Å². The molecule has 0 fully saturated rings. The van der Waals surface area contributed by atoms with Crippen molar-refractivity contribution in [3.05, 3.63) is 149 Å². The lowest BCUT2D eigenvalue weighted by Gasteiger charge is -2.11. The highest BCUT2D eigenvalue weighted by Crippen LogP contribution is 2.23. The quantitative estimate of drug-likeness (QED) is 0.185. The third-order valence-electron chi connectivity index (χ3n) is 7.05. The van der Waals surface area contributed by atoms with E-state index in [-0.39, 0.29) is 5.91 Å². The molecule has 0 saturated heterocycles. The maximum atomic E-state index is 13.3. The van der Waals surface area contributed by atoms with Crippen LogP contribution < -0.4 is 10.1 Å². The number of carbonyl (C=O) groups is 1. The molecule has 8 heteroatoms. The third-order valence-corrected chi connectivity index (χ3v) is 7.05. The highest BCUT2D eigenvalue weighted by molar-refractivity contribution is 6.03. The summed E-state index contributed by atoms with van der Waals surface area (Å²) < 4.78 is 13.8. The smallest absolute Gasteiger partial charge is 0.278 e. The lowest BCUT2D eigenvalue weighted by atomic mass is 10.1. The van der Waals surface area contributed by atoms with Gasteiger partial charge in [-0.15, -0.1) is 5.10 Å². The fourth-order valence-electron chi connectivity index (χ4n) is 4.85. The van der Waals surface area contributed by atoms with Gasteiger partial charge in [0, 0.05) is 24.1 Å². The molecule has 1 amide bonds. The standard InChI is InChI=1S/C35H31N5O3/c1-25-31(37-35(43-25)28-15-7-3-8-16-28)20-21-42-30-19-11-14-27(22-30)23-32-33(34(41)36-29-17-9-4-10-18-29)38-39-40(32)24-26-12-5-2-6-13-26/h2-19,22H,20-21,23-24H2,1H3,(H,36,41). The van der Waals surface area contributed by atoms with Crippen LogP contribution in [0.4, 0.5) is 5.69 Å². The summed E-state index contributed by atoms with van der Waals surface area (Å²) in [6, 6.07) is 37.1. The number of para-hydroxylation sites is 1. The number of aryl methyl sites for hydroxylation is 1. The second-order valence-corrected chi connectivity index (χ2v) is 10.2. The molecule has 214 valence electrons. The summed E-state index contributed by atoms with van der Waals surface area (Å²) >= 11 is 0. The van der Waals surface area contributed by atoms with E-state index >= 15 is 0 Å². The van der Waals surface area contributed by atoms with Gasteiger partial charge in [0.1, 0.15) is 11.5 Å². The molecule has 4 aromatic carbocycles. The summed E-state index contributed by atoms with van der Waals surface area (Å²) in [7, 11) is 0. The van der Waals surface area contributed by atoms with Crippen molar-refractivity contribution >= 4 is 11.6 Å². The van der Waals surface area contributed by atoms with Gasteiger partial charge in [-0.2, -0.15) is 0 Å². The van der Waals surface area contributed by atoms with Crippen LogP contribution in [0, 0.1) is 6.92 Å². The van der Waals surface area contributed by atoms with E-state index in [0.29, 0.717) is 43.3 Å². The molecular weight excluding hydrogens is 538 g/mol. The molecule has 2 aromatic heterocycles.